The van der Waals surface area contributed by atoms with E-state index in [0.717, 1.165) is 34.1 Å². The van der Waals surface area contributed by atoms with Gasteiger partial charge in [0.2, 0.25) is 0 Å². The van der Waals surface area contributed by atoms with Crippen LogP contribution in [0, 0.1) is 0 Å². The van der Waals surface area contributed by atoms with Crippen molar-refractivity contribution in [2.75, 3.05) is 14.2 Å². The van der Waals surface area contributed by atoms with Gasteiger partial charge in [-0.2, -0.15) is 0 Å². The third-order valence-corrected chi connectivity index (χ3v) is 4.11. The molecule has 0 aliphatic heterocycles. The molecule has 0 unspecified atom stereocenters. The van der Waals surface area contributed by atoms with E-state index < -0.39 is 0 Å². The standard InChI is InChI=1S/C19H23N5O/c1-20-19(21-12-14-7-6-8-15(11-14)25-3)22-13-18-23-16-9-4-5-10-17(16)24(18)2/h4-11H,12-13H2,1-3H3,(H2,20,21,22). The van der Waals surface area contributed by atoms with Gasteiger partial charge in [0.1, 0.15) is 11.6 Å². The molecule has 3 rings (SSSR count). The predicted molar refractivity (Wildman–Crippen MR) is 101 cm³/mol. The van der Waals surface area contributed by atoms with Gasteiger partial charge < -0.3 is 19.9 Å². The molecule has 0 aliphatic rings. The topological polar surface area (TPSA) is 63.5 Å². The molecular weight excluding hydrogens is 314 g/mol. The van der Waals surface area contributed by atoms with Crippen LogP contribution in [-0.4, -0.2) is 29.7 Å². The van der Waals surface area contributed by atoms with Gasteiger partial charge in [-0.15, -0.1) is 0 Å². The number of hydrogen-bond acceptors (Lipinski definition) is 3. The van der Waals surface area contributed by atoms with Crippen LogP contribution < -0.4 is 15.4 Å². The van der Waals surface area contributed by atoms with E-state index in [1.807, 2.05) is 49.5 Å². The lowest BCUT2D eigenvalue weighted by atomic mass is 10.2. The summed E-state index contributed by atoms with van der Waals surface area (Å²) in [7, 11) is 5.46. The van der Waals surface area contributed by atoms with Crippen LogP contribution in [0.4, 0.5) is 0 Å². The molecule has 0 spiro atoms. The number of methoxy groups -OCH3 is 1. The van der Waals surface area contributed by atoms with Crippen molar-refractivity contribution in [3.8, 4) is 5.75 Å². The third-order valence-electron chi connectivity index (χ3n) is 4.11. The molecule has 25 heavy (non-hydrogen) atoms. The maximum atomic E-state index is 5.25. The minimum atomic E-state index is 0.600. The lowest BCUT2D eigenvalue weighted by Gasteiger charge is -2.12. The van der Waals surface area contributed by atoms with Crippen LogP contribution in [0.5, 0.6) is 5.75 Å². The molecule has 2 aromatic carbocycles. The summed E-state index contributed by atoms with van der Waals surface area (Å²) in [6.45, 7) is 1.27. The van der Waals surface area contributed by atoms with Gasteiger partial charge in [0.05, 0.1) is 24.7 Å². The fraction of sp³-hybridized carbons (Fsp3) is 0.263. The van der Waals surface area contributed by atoms with Crippen molar-refractivity contribution in [2.45, 2.75) is 13.1 Å². The molecule has 0 atom stereocenters. The lowest BCUT2D eigenvalue weighted by molar-refractivity contribution is 0.414. The maximum absolute atomic E-state index is 5.25. The molecule has 1 heterocycles. The summed E-state index contributed by atoms with van der Waals surface area (Å²) in [5.41, 5.74) is 3.25. The molecule has 3 aromatic rings. The number of para-hydroxylation sites is 2. The zero-order chi connectivity index (χ0) is 17.6. The minimum Gasteiger partial charge on any atom is -0.497 e. The Morgan fingerprint density at radius 2 is 1.92 bits per heavy atom. The molecule has 1 aromatic heterocycles. The summed E-state index contributed by atoms with van der Waals surface area (Å²) in [4.78, 5) is 8.93. The summed E-state index contributed by atoms with van der Waals surface area (Å²) in [5.74, 6) is 2.54. The molecule has 0 saturated heterocycles. The fourth-order valence-corrected chi connectivity index (χ4v) is 2.71. The number of benzene rings is 2. The Morgan fingerprint density at radius 1 is 1.12 bits per heavy atom. The molecule has 2 N–H and O–H groups in total. The van der Waals surface area contributed by atoms with Gasteiger partial charge in [0.15, 0.2) is 5.96 Å². The third kappa shape index (κ3) is 3.91. The Labute approximate surface area is 147 Å². The zero-order valence-electron chi connectivity index (χ0n) is 14.8. The monoisotopic (exact) mass is 337 g/mol. The number of aromatic nitrogens is 2. The van der Waals surface area contributed by atoms with E-state index >= 15 is 0 Å². The second-order valence-corrected chi connectivity index (χ2v) is 5.71. The van der Waals surface area contributed by atoms with Crippen molar-refractivity contribution in [3.05, 3.63) is 59.9 Å². The van der Waals surface area contributed by atoms with Crippen LogP contribution >= 0.6 is 0 Å². The summed E-state index contributed by atoms with van der Waals surface area (Å²) in [6, 6.07) is 16.1. The Hall–Kier alpha value is -3.02. The number of guanidine groups is 1. The first-order valence-electron chi connectivity index (χ1n) is 8.19. The Morgan fingerprint density at radius 3 is 2.68 bits per heavy atom. The van der Waals surface area contributed by atoms with Crippen LogP contribution in [0.1, 0.15) is 11.4 Å². The molecule has 6 heteroatoms. The molecular formula is C19H23N5O. The second kappa shape index (κ2) is 7.70. The van der Waals surface area contributed by atoms with Crippen LogP contribution in [-0.2, 0) is 20.1 Å². The van der Waals surface area contributed by atoms with E-state index in [4.69, 9.17) is 4.74 Å². The molecule has 0 aliphatic carbocycles. The number of aliphatic imine (C=N–C) groups is 1. The van der Waals surface area contributed by atoms with E-state index in [1.165, 1.54) is 0 Å². The van der Waals surface area contributed by atoms with E-state index in [9.17, 15) is 0 Å². The molecule has 0 amide bonds. The molecule has 130 valence electrons. The Kier molecular flexibility index (Phi) is 5.18. The lowest BCUT2D eigenvalue weighted by Crippen LogP contribution is -2.36. The van der Waals surface area contributed by atoms with Crippen LogP contribution in [0.15, 0.2) is 53.5 Å². The molecule has 6 nitrogen and oxygen atoms in total. The van der Waals surface area contributed by atoms with Crippen molar-refractivity contribution in [3.63, 3.8) is 0 Å². The van der Waals surface area contributed by atoms with Crippen LogP contribution in [0.2, 0.25) is 0 Å². The Balaban J connectivity index is 1.61. The first kappa shape index (κ1) is 16.8. The summed E-state index contributed by atoms with van der Waals surface area (Å²) >= 11 is 0. The highest BCUT2D eigenvalue weighted by Gasteiger charge is 2.07. The van der Waals surface area contributed by atoms with Crippen molar-refractivity contribution < 1.29 is 4.74 Å². The largest absolute Gasteiger partial charge is 0.497 e. The van der Waals surface area contributed by atoms with E-state index in [-0.39, 0.29) is 0 Å². The highest BCUT2D eigenvalue weighted by atomic mass is 16.5. The SMILES string of the molecule is CN=C(NCc1cccc(OC)c1)NCc1nc2ccccc2n1C. The first-order valence-corrected chi connectivity index (χ1v) is 8.19. The molecule has 0 bridgehead atoms. The first-order chi connectivity index (χ1) is 12.2. The quantitative estimate of drug-likeness (QED) is 0.554. The summed E-state index contributed by atoms with van der Waals surface area (Å²) in [6.07, 6.45) is 0. The van der Waals surface area contributed by atoms with E-state index in [0.29, 0.717) is 13.1 Å². The number of nitrogens with one attached hydrogen (secondary N) is 2. The van der Waals surface area contributed by atoms with Gasteiger partial charge in [0, 0.05) is 20.6 Å². The average molecular weight is 337 g/mol. The smallest absolute Gasteiger partial charge is 0.191 e. The van der Waals surface area contributed by atoms with Gasteiger partial charge in [-0.3, -0.25) is 4.99 Å². The van der Waals surface area contributed by atoms with Gasteiger partial charge in [-0.25, -0.2) is 4.98 Å². The van der Waals surface area contributed by atoms with Crippen LogP contribution in [0.3, 0.4) is 0 Å². The highest BCUT2D eigenvalue weighted by molar-refractivity contribution is 5.80. The van der Waals surface area contributed by atoms with E-state index in [1.54, 1.807) is 14.2 Å². The van der Waals surface area contributed by atoms with Crippen molar-refractivity contribution in [1.29, 1.82) is 0 Å². The van der Waals surface area contributed by atoms with Crippen molar-refractivity contribution >= 4 is 17.0 Å². The fourth-order valence-electron chi connectivity index (χ4n) is 2.71. The number of fused-ring (bicyclic) bond motifs is 1. The van der Waals surface area contributed by atoms with Gasteiger partial charge >= 0.3 is 0 Å². The van der Waals surface area contributed by atoms with E-state index in [2.05, 4.69) is 31.2 Å². The van der Waals surface area contributed by atoms with Gasteiger partial charge in [0.25, 0.3) is 0 Å². The second-order valence-electron chi connectivity index (χ2n) is 5.71. The predicted octanol–water partition coefficient (Wildman–Crippen LogP) is 2.45. The maximum Gasteiger partial charge on any atom is 0.191 e. The molecule has 0 radical (unpaired) electrons. The van der Waals surface area contributed by atoms with Gasteiger partial charge in [-0.05, 0) is 29.8 Å². The number of imidazole rings is 1. The summed E-state index contributed by atoms with van der Waals surface area (Å²) < 4.78 is 7.35. The number of ether oxygens (including phenoxy) is 1. The van der Waals surface area contributed by atoms with Crippen molar-refractivity contribution in [1.82, 2.24) is 20.2 Å². The molecule has 0 fully saturated rings. The minimum absolute atomic E-state index is 0.600. The van der Waals surface area contributed by atoms with Gasteiger partial charge in [-0.1, -0.05) is 24.3 Å². The number of nitrogens with zero attached hydrogens (tertiary/aromatic N) is 3. The Bertz CT molecular complexity index is 884. The average Bonchev–Trinajstić information content (AvgIpc) is 2.98. The van der Waals surface area contributed by atoms with Crippen LogP contribution in [0.25, 0.3) is 11.0 Å². The summed E-state index contributed by atoms with van der Waals surface area (Å²) in [5, 5.41) is 6.62. The number of hydrogen-bond donors (Lipinski definition) is 2. The highest BCUT2D eigenvalue weighted by Crippen LogP contribution is 2.14. The zero-order valence-corrected chi connectivity index (χ0v) is 14.8. The number of rotatable bonds is 5. The normalized spacial score (nSPS) is 11.6. The number of aryl methyl sites for hydroxylation is 1. The molecule has 0 saturated carbocycles. The van der Waals surface area contributed by atoms with Crippen molar-refractivity contribution in [2.24, 2.45) is 12.0 Å².